The lowest BCUT2D eigenvalue weighted by Gasteiger charge is -2.18. The van der Waals surface area contributed by atoms with Crippen molar-refractivity contribution >= 4 is 11.8 Å². The third kappa shape index (κ3) is 6.41. The molecule has 0 aromatic rings. The fourth-order valence-electron chi connectivity index (χ4n) is 2.02. The number of rotatable bonds is 5. The Morgan fingerprint density at radius 3 is 2.79 bits per heavy atom. The Morgan fingerprint density at radius 2 is 2.16 bits per heavy atom. The number of unbranched alkanes of at least 4 members (excludes halogenated alkanes) is 2. The highest BCUT2D eigenvalue weighted by molar-refractivity contribution is 6.02. The van der Waals surface area contributed by atoms with E-state index in [9.17, 15) is 4.79 Å². The van der Waals surface area contributed by atoms with Crippen molar-refractivity contribution in [3.05, 3.63) is 11.6 Å². The third-order valence-electron chi connectivity index (χ3n) is 2.87. The minimum Gasteiger partial charge on any atom is -0.443 e. The molecule has 1 rings (SSSR count). The fourth-order valence-corrected chi connectivity index (χ4v) is 2.02. The van der Waals surface area contributed by atoms with E-state index in [0.717, 1.165) is 25.0 Å². The third-order valence-corrected chi connectivity index (χ3v) is 2.87. The van der Waals surface area contributed by atoms with Crippen LogP contribution in [0.2, 0.25) is 0 Å². The number of allylic oxidation sites excluding steroid dienone is 2. The normalized spacial score (nSPS) is 17.5. The van der Waals surface area contributed by atoms with Crippen molar-refractivity contribution < 1.29 is 9.53 Å². The molecule has 0 atom stereocenters. The Morgan fingerprint density at radius 1 is 1.42 bits per heavy atom. The second-order valence-electron chi connectivity index (χ2n) is 5.90. The first-order chi connectivity index (χ1) is 8.92. The van der Waals surface area contributed by atoms with E-state index in [-0.39, 0.29) is 0 Å². The van der Waals surface area contributed by atoms with Crippen LogP contribution in [0.1, 0.15) is 66.2 Å². The number of hydrogen-bond donors (Lipinski definition) is 1. The minimum atomic E-state index is -0.486. The summed E-state index contributed by atoms with van der Waals surface area (Å²) in [6.45, 7) is 7.71. The number of hydrazone groups is 1. The van der Waals surface area contributed by atoms with Gasteiger partial charge in [-0.1, -0.05) is 25.8 Å². The maximum absolute atomic E-state index is 11.5. The SMILES string of the molecule is CCCCCC1=CCC/C1=N\NC(=O)OC(C)(C)C. The van der Waals surface area contributed by atoms with Crippen LogP contribution >= 0.6 is 0 Å². The molecule has 0 saturated heterocycles. The number of nitrogens with zero attached hydrogens (tertiary/aromatic N) is 1. The Balaban J connectivity index is 2.43. The van der Waals surface area contributed by atoms with Crippen LogP contribution in [-0.4, -0.2) is 17.4 Å². The first-order valence-electron chi connectivity index (χ1n) is 7.17. The lowest BCUT2D eigenvalue weighted by Crippen LogP contribution is -2.30. The van der Waals surface area contributed by atoms with Crippen LogP contribution in [0, 0.1) is 0 Å². The molecule has 1 N–H and O–H groups in total. The summed E-state index contributed by atoms with van der Waals surface area (Å²) in [5.74, 6) is 0. The number of amides is 1. The summed E-state index contributed by atoms with van der Waals surface area (Å²) in [5, 5.41) is 4.19. The molecule has 0 heterocycles. The molecule has 1 amide bonds. The standard InChI is InChI=1S/C15H26N2O2/c1-5-6-7-9-12-10-8-11-13(12)16-17-14(18)19-15(2,3)4/h10H,5-9,11H2,1-4H3,(H,17,18)/b16-13+. The van der Waals surface area contributed by atoms with Gasteiger partial charge in [-0.15, -0.1) is 0 Å². The van der Waals surface area contributed by atoms with Crippen molar-refractivity contribution in [1.82, 2.24) is 5.43 Å². The second kappa shape index (κ2) is 7.31. The Kier molecular flexibility index (Phi) is 6.06. The van der Waals surface area contributed by atoms with Crippen LogP contribution in [0.5, 0.6) is 0 Å². The molecule has 4 nitrogen and oxygen atoms in total. The summed E-state index contributed by atoms with van der Waals surface area (Å²) < 4.78 is 5.15. The van der Waals surface area contributed by atoms with E-state index in [1.165, 1.54) is 24.8 Å². The van der Waals surface area contributed by atoms with Gasteiger partial charge < -0.3 is 4.74 Å². The predicted octanol–water partition coefficient (Wildman–Crippen LogP) is 4.17. The second-order valence-corrected chi connectivity index (χ2v) is 5.90. The lowest BCUT2D eigenvalue weighted by molar-refractivity contribution is 0.0529. The predicted molar refractivity (Wildman–Crippen MR) is 78.3 cm³/mol. The molecule has 108 valence electrons. The van der Waals surface area contributed by atoms with Crippen molar-refractivity contribution in [2.75, 3.05) is 0 Å². The van der Waals surface area contributed by atoms with Crippen molar-refractivity contribution in [1.29, 1.82) is 0 Å². The number of carbonyl (C=O) groups is 1. The van der Waals surface area contributed by atoms with Crippen LogP contribution in [0.25, 0.3) is 0 Å². The van der Waals surface area contributed by atoms with Gasteiger partial charge in [0.1, 0.15) is 5.60 Å². The Labute approximate surface area is 116 Å². The van der Waals surface area contributed by atoms with Crippen molar-refractivity contribution in [2.24, 2.45) is 5.10 Å². The Hall–Kier alpha value is -1.32. The lowest BCUT2D eigenvalue weighted by atomic mass is 10.1. The van der Waals surface area contributed by atoms with Crippen molar-refractivity contribution in [2.45, 2.75) is 71.8 Å². The summed E-state index contributed by atoms with van der Waals surface area (Å²) >= 11 is 0. The van der Waals surface area contributed by atoms with E-state index >= 15 is 0 Å². The van der Waals surface area contributed by atoms with E-state index < -0.39 is 11.7 Å². The highest BCUT2D eigenvalue weighted by atomic mass is 16.6. The summed E-state index contributed by atoms with van der Waals surface area (Å²) in [4.78, 5) is 11.5. The van der Waals surface area contributed by atoms with Gasteiger partial charge in [-0.25, -0.2) is 10.2 Å². The number of ether oxygens (including phenoxy) is 1. The van der Waals surface area contributed by atoms with Crippen LogP contribution < -0.4 is 5.43 Å². The Bertz CT molecular complexity index is 365. The smallest absolute Gasteiger partial charge is 0.428 e. The molecule has 0 aliphatic heterocycles. The van der Waals surface area contributed by atoms with Crippen LogP contribution in [0.4, 0.5) is 4.79 Å². The zero-order valence-electron chi connectivity index (χ0n) is 12.6. The monoisotopic (exact) mass is 266 g/mol. The quantitative estimate of drug-likeness (QED) is 0.600. The highest BCUT2D eigenvalue weighted by Crippen LogP contribution is 2.21. The van der Waals surface area contributed by atoms with E-state index in [1.54, 1.807) is 0 Å². The molecule has 1 aliphatic rings. The summed E-state index contributed by atoms with van der Waals surface area (Å²) in [7, 11) is 0. The van der Waals surface area contributed by atoms with Gasteiger partial charge in [0.2, 0.25) is 0 Å². The van der Waals surface area contributed by atoms with Gasteiger partial charge in [-0.3, -0.25) is 0 Å². The topological polar surface area (TPSA) is 50.7 Å². The molecule has 0 aromatic carbocycles. The van der Waals surface area contributed by atoms with Crippen molar-refractivity contribution in [3.8, 4) is 0 Å². The molecule has 0 saturated carbocycles. The molecule has 0 radical (unpaired) electrons. The number of nitrogens with one attached hydrogen (secondary N) is 1. The maximum Gasteiger partial charge on any atom is 0.428 e. The largest absolute Gasteiger partial charge is 0.443 e. The summed E-state index contributed by atoms with van der Waals surface area (Å²) in [6, 6.07) is 0. The molecule has 4 heteroatoms. The zero-order valence-corrected chi connectivity index (χ0v) is 12.6. The number of hydrogen-bond acceptors (Lipinski definition) is 3. The first-order valence-corrected chi connectivity index (χ1v) is 7.17. The molecule has 0 spiro atoms. The molecule has 0 unspecified atom stereocenters. The molecule has 0 fully saturated rings. The minimum absolute atomic E-state index is 0.486. The zero-order chi connectivity index (χ0) is 14.3. The van der Waals surface area contributed by atoms with E-state index in [4.69, 9.17) is 4.74 Å². The van der Waals surface area contributed by atoms with Gasteiger partial charge in [0.05, 0.1) is 5.71 Å². The van der Waals surface area contributed by atoms with Gasteiger partial charge in [0, 0.05) is 0 Å². The molecule has 0 bridgehead atoms. The van der Waals surface area contributed by atoms with E-state index in [0.29, 0.717) is 0 Å². The molecular weight excluding hydrogens is 240 g/mol. The van der Waals surface area contributed by atoms with Gasteiger partial charge in [-0.05, 0) is 52.0 Å². The summed E-state index contributed by atoms with van der Waals surface area (Å²) in [6.07, 6.45) is 8.38. The summed E-state index contributed by atoms with van der Waals surface area (Å²) in [5.41, 5.74) is 4.28. The van der Waals surface area contributed by atoms with Crippen LogP contribution in [0.3, 0.4) is 0 Å². The van der Waals surface area contributed by atoms with Crippen LogP contribution in [-0.2, 0) is 4.74 Å². The van der Waals surface area contributed by atoms with Crippen molar-refractivity contribution in [3.63, 3.8) is 0 Å². The molecule has 19 heavy (non-hydrogen) atoms. The average Bonchev–Trinajstić information content (AvgIpc) is 2.72. The van der Waals surface area contributed by atoms with Gasteiger partial charge in [0.15, 0.2) is 0 Å². The molecule has 1 aliphatic carbocycles. The van der Waals surface area contributed by atoms with Gasteiger partial charge in [0.25, 0.3) is 0 Å². The highest BCUT2D eigenvalue weighted by Gasteiger charge is 2.17. The fraction of sp³-hybridized carbons (Fsp3) is 0.733. The average molecular weight is 266 g/mol. The first kappa shape index (κ1) is 15.7. The van der Waals surface area contributed by atoms with E-state index in [1.807, 2.05) is 20.8 Å². The molecular formula is C15H26N2O2. The van der Waals surface area contributed by atoms with Gasteiger partial charge >= 0.3 is 6.09 Å². The number of carbonyl (C=O) groups excluding carboxylic acids is 1. The molecule has 0 aromatic heterocycles. The van der Waals surface area contributed by atoms with Crippen LogP contribution in [0.15, 0.2) is 16.8 Å². The van der Waals surface area contributed by atoms with Gasteiger partial charge in [-0.2, -0.15) is 5.10 Å². The maximum atomic E-state index is 11.5. The van der Waals surface area contributed by atoms with E-state index in [2.05, 4.69) is 23.5 Å².